The quantitative estimate of drug-likeness (QED) is 0.558. The molecule has 0 saturated heterocycles. The van der Waals surface area contributed by atoms with Crippen LogP contribution in [0.25, 0.3) is 0 Å². The van der Waals surface area contributed by atoms with E-state index < -0.39 is 6.04 Å². The Balaban J connectivity index is 2.12. The zero-order chi connectivity index (χ0) is 21.9. The number of hydrogen-bond acceptors (Lipinski definition) is 3. The molecule has 0 spiro atoms. The van der Waals surface area contributed by atoms with Crippen molar-refractivity contribution in [2.45, 2.75) is 58.0 Å². The molecule has 2 aromatic carbocycles. The van der Waals surface area contributed by atoms with Crippen LogP contribution >= 0.6 is 11.8 Å². The molecule has 0 radical (unpaired) electrons. The average molecular weight is 431 g/mol. The number of rotatable bonds is 11. The summed E-state index contributed by atoms with van der Waals surface area (Å²) in [5, 5.41) is 2.99. The highest BCUT2D eigenvalue weighted by molar-refractivity contribution is 7.99. The second-order valence-electron chi connectivity index (χ2n) is 7.37. The smallest absolute Gasteiger partial charge is 0.243 e. The summed E-state index contributed by atoms with van der Waals surface area (Å²) in [5.74, 6) is 0.453. The maximum absolute atomic E-state index is 13.3. The lowest BCUT2D eigenvalue weighted by molar-refractivity contribution is -0.139. The van der Waals surface area contributed by atoms with Crippen LogP contribution in [0.1, 0.15) is 44.7 Å². The Morgan fingerprint density at radius 2 is 1.67 bits per heavy atom. The summed E-state index contributed by atoms with van der Waals surface area (Å²) >= 11 is 1.53. The third-order valence-electron chi connectivity index (χ3n) is 4.99. The number of nitrogens with zero attached hydrogens (tertiary/aromatic N) is 1. The van der Waals surface area contributed by atoms with Crippen LogP contribution in [0, 0.1) is 5.82 Å². The highest BCUT2D eigenvalue weighted by Crippen LogP contribution is 2.17. The van der Waals surface area contributed by atoms with Gasteiger partial charge >= 0.3 is 0 Å². The maximum Gasteiger partial charge on any atom is 0.243 e. The minimum Gasteiger partial charge on any atom is -0.352 e. The Hall–Kier alpha value is -2.34. The van der Waals surface area contributed by atoms with E-state index in [1.807, 2.05) is 51.1 Å². The molecular weight excluding hydrogens is 399 g/mol. The molecule has 2 rings (SSSR count). The summed E-state index contributed by atoms with van der Waals surface area (Å²) in [4.78, 5) is 27.6. The van der Waals surface area contributed by atoms with Crippen LogP contribution < -0.4 is 5.32 Å². The summed E-state index contributed by atoms with van der Waals surface area (Å²) in [5.41, 5.74) is 1.95. The summed E-state index contributed by atoms with van der Waals surface area (Å²) in [6.45, 7) is 6.14. The van der Waals surface area contributed by atoms with Gasteiger partial charge in [-0.2, -0.15) is 0 Å². The topological polar surface area (TPSA) is 49.4 Å². The van der Waals surface area contributed by atoms with Gasteiger partial charge in [0.2, 0.25) is 11.8 Å². The monoisotopic (exact) mass is 430 g/mol. The first-order chi connectivity index (χ1) is 14.4. The van der Waals surface area contributed by atoms with Gasteiger partial charge in [-0.25, -0.2) is 4.39 Å². The summed E-state index contributed by atoms with van der Waals surface area (Å²) in [7, 11) is 0. The van der Waals surface area contributed by atoms with Gasteiger partial charge in [0.15, 0.2) is 0 Å². The van der Waals surface area contributed by atoms with Crippen molar-refractivity contribution >= 4 is 23.6 Å². The molecule has 0 saturated carbocycles. The molecule has 0 aliphatic carbocycles. The molecule has 6 heteroatoms. The van der Waals surface area contributed by atoms with E-state index in [1.165, 1.54) is 23.9 Å². The van der Waals surface area contributed by atoms with E-state index in [0.29, 0.717) is 6.42 Å². The van der Waals surface area contributed by atoms with Crippen LogP contribution in [0.4, 0.5) is 4.39 Å². The Morgan fingerprint density at radius 3 is 2.27 bits per heavy atom. The van der Waals surface area contributed by atoms with E-state index in [0.717, 1.165) is 23.3 Å². The molecule has 4 nitrogen and oxygen atoms in total. The summed E-state index contributed by atoms with van der Waals surface area (Å²) in [6.07, 6.45) is 1.33. The van der Waals surface area contributed by atoms with Crippen LogP contribution in [-0.2, 0) is 21.9 Å². The lowest BCUT2D eigenvalue weighted by Crippen LogP contribution is -2.51. The van der Waals surface area contributed by atoms with Gasteiger partial charge in [-0.1, -0.05) is 56.3 Å². The lowest BCUT2D eigenvalue weighted by atomic mass is 10.1. The van der Waals surface area contributed by atoms with E-state index in [-0.39, 0.29) is 36.0 Å². The number of nitrogens with one attached hydrogen (secondary N) is 1. The van der Waals surface area contributed by atoms with Crippen molar-refractivity contribution in [3.8, 4) is 0 Å². The van der Waals surface area contributed by atoms with Gasteiger partial charge in [0.05, 0.1) is 5.75 Å². The predicted octanol–water partition coefficient (Wildman–Crippen LogP) is 4.78. The summed E-state index contributed by atoms with van der Waals surface area (Å²) < 4.78 is 13.3. The third-order valence-corrected chi connectivity index (χ3v) is 5.98. The van der Waals surface area contributed by atoms with Gasteiger partial charge in [0.1, 0.15) is 11.9 Å². The molecular formula is C24H31FN2O2S. The standard InChI is InChI=1S/C24H31FN2O2S/c1-4-18(3)26-24(29)22(5-2)27(15-19-11-13-21(25)14-12-19)23(28)17-30-16-20-9-7-6-8-10-20/h6-14,18,22H,4-5,15-17H2,1-3H3,(H,26,29). The minimum atomic E-state index is -0.561. The van der Waals surface area contributed by atoms with Crippen molar-refractivity contribution in [3.05, 3.63) is 71.5 Å². The largest absolute Gasteiger partial charge is 0.352 e. The fourth-order valence-corrected chi connectivity index (χ4v) is 3.93. The molecule has 0 heterocycles. The normalized spacial score (nSPS) is 12.8. The number of amides is 2. The first-order valence-corrected chi connectivity index (χ1v) is 11.6. The Morgan fingerprint density at radius 1 is 1.00 bits per heavy atom. The molecule has 0 bridgehead atoms. The highest BCUT2D eigenvalue weighted by Gasteiger charge is 2.29. The molecule has 2 unspecified atom stereocenters. The molecule has 0 fully saturated rings. The first-order valence-electron chi connectivity index (χ1n) is 10.4. The fourth-order valence-electron chi connectivity index (χ4n) is 3.06. The van der Waals surface area contributed by atoms with Crippen molar-refractivity contribution in [2.75, 3.05) is 5.75 Å². The minimum absolute atomic E-state index is 0.0433. The third kappa shape index (κ3) is 7.48. The molecule has 2 amide bonds. The van der Waals surface area contributed by atoms with Gasteiger partial charge in [-0.05, 0) is 43.0 Å². The van der Waals surface area contributed by atoms with Crippen LogP contribution in [0.3, 0.4) is 0 Å². The van der Waals surface area contributed by atoms with Gasteiger partial charge < -0.3 is 10.2 Å². The molecule has 2 aromatic rings. The number of benzene rings is 2. The van der Waals surface area contributed by atoms with Crippen molar-refractivity contribution in [3.63, 3.8) is 0 Å². The molecule has 0 aromatic heterocycles. The van der Waals surface area contributed by atoms with E-state index >= 15 is 0 Å². The van der Waals surface area contributed by atoms with Crippen molar-refractivity contribution in [1.29, 1.82) is 0 Å². The zero-order valence-corrected chi connectivity index (χ0v) is 18.8. The van der Waals surface area contributed by atoms with Crippen LogP contribution in [0.2, 0.25) is 0 Å². The van der Waals surface area contributed by atoms with E-state index in [1.54, 1.807) is 17.0 Å². The molecule has 162 valence electrons. The second kappa shape index (κ2) is 12.4. The number of carbonyl (C=O) groups is 2. The Kier molecular flexibility index (Phi) is 9.87. The SMILES string of the molecule is CCC(C)NC(=O)C(CC)N(Cc1ccc(F)cc1)C(=O)CSCc1ccccc1. The predicted molar refractivity (Wildman–Crippen MR) is 122 cm³/mol. The van der Waals surface area contributed by atoms with Gasteiger partial charge in [0, 0.05) is 18.3 Å². The molecule has 0 aliphatic heterocycles. The Labute approximate surface area is 183 Å². The number of hydrogen-bond donors (Lipinski definition) is 1. The van der Waals surface area contributed by atoms with Gasteiger partial charge in [0.25, 0.3) is 0 Å². The first kappa shape index (κ1) is 23.9. The lowest BCUT2D eigenvalue weighted by Gasteiger charge is -2.31. The van der Waals surface area contributed by atoms with Gasteiger partial charge in [-0.15, -0.1) is 11.8 Å². The number of thioether (sulfide) groups is 1. The van der Waals surface area contributed by atoms with Crippen LogP contribution in [0.15, 0.2) is 54.6 Å². The molecule has 1 N–H and O–H groups in total. The van der Waals surface area contributed by atoms with Crippen LogP contribution in [-0.4, -0.2) is 34.6 Å². The van der Waals surface area contributed by atoms with Crippen LogP contribution in [0.5, 0.6) is 0 Å². The van der Waals surface area contributed by atoms with Gasteiger partial charge in [-0.3, -0.25) is 9.59 Å². The van der Waals surface area contributed by atoms with E-state index in [9.17, 15) is 14.0 Å². The second-order valence-corrected chi connectivity index (χ2v) is 8.35. The molecule has 30 heavy (non-hydrogen) atoms. The number of halogens is 1. The average Bonchev–Trinajstić information content (AvgIpc) is 2.75. The fraction of sp³-hybridized carbons (Fsp3) is 0.417. The Bertz CT molecular complexity index is 799. The molecule has 2 atom stereocenters. The van der Waals surface area contributed by atoms with Crippen molar-refractivity contribution in [2.24, 2.45) is 0 Å². The van der Waals surface area contributed by atoms with Crippen molar-refractivity contribution < 1.29 is 14.0 Å². The summed E-state index contributed by atoms with van der Waals surface area (Å²) in [6, 6.07) is 15.5. The highest BCUT2D eigenvalue weighted by atomic mass is 32.2. The van der Waals surface area contributed by atoms with E-state index in [4.69, 9.17) is 0 Å². The van der Waals surface area contributed by atoms with Crippen molar-refractivity contribution in [1.82, 2.24) is 10.2 Å². The van der Waals surface area contributed by atoms with E-state index in [2.05, 4.69) is 5.32 Å². The number of carbonyl (C=O) groups excluding carboxylic acids is 2. The maximum atomic E-state index is 13.3. The molecule has 0 aliphatic rings. The zero-order valence-electron chi connectivity index (χ0n) is 17.9.